The van der Waals surface area contributed by atoms with Crippen LogP contribution in [0.25, 0.3) is 0 Å². The van der Waals surface area contributed by atoms with Crippen molar-refractivity contribution in [3.8, 4) is 17.2 Å². The van der Waals surface area contributed by atoms with Crippen LogP contribution in [0.1, 0.15) is 22.8 Å². The summed E-state index contributed by atoms with van der Waals surface area (Å²) in [5, 5.41) is 14.8. The first kappa shape index (κ1) is 21.4. The van der Waals surface area contributed by atoms with E-state index in [2.05, 4.69) is 33.1 Å². The lowest BCUT2D eigenvalue weighted by atomic mass is 10.1. The molecule has 28 heavy (non-hydrogen) atoms. The van der Waals surface area contributed by atoms with Crippen molar-refractivity contribution < 1.29 is 23.9 Å². The first-order chi connectivity index (χ1) is 13.4. The van der Waals surface area contributed by atoms with Crippen molar-refractivity contribution in [1.82, 2.24) is 5.43 Å². The molecule has 0 aliphatic carbocycles. The Kier molecular flexibility index (Phi) is 7.55. The highest BCUT2D eigenvalue weighted by Crippen LogP contribution is 2.33. The molecule has 0 saturated carbocycles. The van der Waals surface area contributed by atoms with Gasteiger partial charge in [0.25, 0.3) is 11.6 Å². The highest BCUT2D eigenvalue weighted by atomic mass is 127. The van der Waals surface area contributed by atoms with Crippen LogP contribution in [0.15, 0.2) is 35.4 Å². The second kappa shape index (κ2) is 9.88. The monoisotopic (exact) mass is 499 g/mol. The van der Waals surface area contributed by atoms with Crippen molar-refractivity contribution in [2.75, 3.05) is 20.8 Å². The van der Waals surface area contributed by atoms with E-state index in [-0.39, 0.29) is 17.0 Å². The summed E-state index contributed by atoms with van der Waals surface area (Å²) in [6.07, 6.45) is 1.43. The lowest BCUT2D eigenvalue weighted by Crippen LogP contribution is -2.18. The van der Waals surface area contributed by atoms with Gasteiger partial charge in [0.2, 0.25) is 0 Å². The molecule has 0 atom stereocenters. The number of carbonyl (C=O) groups excluding carboxylic acids is 1. The van der Waals surface area contributed by atoms with Gasteiger partial charge in [-0.1, -0.05) is 0 Å². The molecular formula is C18H18IN3O6. The Bertz CT molecular complexity index is 916. The van der Waals surface area contributed by atoms with Crippen LogP contribution in [0.4, 0.5) is 5.69 Å². The van der Waals surface area contributed by atoms with Gasteiger partial charge in [-0.25, -0.2) is 5.43 Å². The average molecular weight is 499 g/mol. The molecule has 0 heterocycles. The smallest absolute Gasteiger partial charge is 0.275 e. The van der Waals surface area contributed by atoms with Crippen LogP contribution >= 0.6 is 22.6 Å². The van der Waals surface area contributed by atoms with Gasteiger partial charge in [0, 0.05) is 12.1 Å². The lowest BCUT2D eigenvalue weighted by Gasteiger charge is -2.12. The number of hydrogen-bond acceptors (Lipinski definition) is 7. The number of non-ortho nitro benzene ring substituents is 1. The number of hydrogen-bond donors (Lipinski definition) is 1. The van der Waals surface area contributed by atoms with E-state index in [0.717, 1.165) is 9.64 Å². The summed E-state index contributed by atoms with van der Waals surface area (Å²) in [6, 6.07) is 7.28. The van der Waals surface area contributed by atoms with Crippen LogP contribution in [0.2, 0.25) is 0 Å². The maximum absolute atomic E-state index is 12.3. The normalized spacial score (nSPS) is 10.6. The molecule has 0 spiro atoms. The van der Waals surface area contributed by atoms with Crippen LogP contribution < -0.4 is 19.6 Å². The fourth-order valence-electron chi connectivity index (χ4n) is 2.31. The van der Waals surface area contributed by atoms with Gasteiger partial charge in [0.15, 0.2) is 11.5 Å². The number of ether oxygens (including phenoxy) is 3. The summed E-state index contributed by atoms with van der Waals surface area (Å²) in [5.41, 5.74) is 2.80. The second-order valence-corrected chi connectivity index (χ2v) is 6.47. The first-order valence-electron chi connectivity index (χ1n) is 8.07. The molecule has 0 aromatic heterocycles. The molecule has 148 valence electrons. The van der Waals surface area contributed by atoms with E-state index in [0.29, 0.717) is 23.7 Å². The molecule has 1 amide bonds. The Morgan fingerprint density at radius 3 is 2.57 bits per heavy atom. The zero-order chi connectivity index (χ0) is 20.7. The third-order valence-electron chi connectivity index (χ3n) is 3.56. The minimum Gasteiger partial charge on any atom is -0.496 e. The number of nitro groups is 1. The Balaban J connectivity index is 2.21. The van der Waals surface area contributed by atoms with Crippen molar-refractivity contribution in [3.05, 3.63) is 55.1 Å². The predicted molar refractivity (Wildman–Crippen MR) is 112 cm³/mol. The van der Waals surface area contributed by atoms with Gasteiger partial charge in [0.05, 0.1) is 41.1 Å². The zero-order valence-electron chi connectivity index (χ0n) is 15.4. The van der Waals surface area contributed by atoms with Crippen LogP contribution in [0.3, 0.4) is 0 Å². The third kappa shape index (κ3) is 5.09. The van der Waals surface area contributed by atoms with E-state index in [9.17, 15) is 14.9 Å². The number of benzene rings is 2. The van der Waals surface area contributed by atoms with E-state index >= 15 is 0 Å². The fraction of sp³-hybridized carbons (Fsp3) is 0.222. The van der Waals surface area contributed by atoms with Gasteiger partial charge >= 0.3 is 0 Å². The van der Waals surface area contributed by atoms with Crippen LogP contribution in [-0.2, 0) is 0 Å². The summed E-state index contributed by atoms with van der Waals surface area (Å²) in [5.74, 6) is 0.745. The molecule has 2 aromatic rings. The Morgan fingerprint density at radius 2 is 1.96 bits per heavy atom. The highest BCUT2D eigenvalue weighted by molar-refractivity contribution is 14.1. The number of rotatable bonds is 8. The Labute approximate surface area is 175 Å². The van der Waals surface area contributed by atoms with Gasteiger partial charge in [-0.2, -0.15) is 5.10 Å². The molecule has 1 N–H and O–H groups in total. The lowest BCUT2D eigenvalue weighted by molar-refractivity contribution is -0.384. The van der Waals surface area contributed by atoms with Gasteiger partial charge in [-0.15, -0.1) is 0 Å². The molecule has 2 rings (SSSR count). The minimum atomic E-state index is -0.635. The number of hydrazone groups is 1. The molecule has 2 aromatic carbocycles. The SMILES string of the molecule is CCOc1c(I)cc(C=NNC(=O)c2cc([N+](=O)[O-])ccc2OC)cc1OC. The largest absolute Gasteiger partial charge is 0.496 e. The van der Waals surface area contributed by atoms with Crippen molar-refractivity contribution in [2.24, 2.45) is 5.10 Å². The van der Waals surface area contributed by atoms with Gasteiger partial charge < -0.3 is 14.2 Å². The molecule has 0 fully saturated rings. The number of halogens is 1. The quantitative estimate of drug-likeness (QED) is 0.258. The standard InChI is InChI=1S/C18H18IN3O6/c1-4-28-17-14(19)7-11(8-16(17)27-3)10-20-21-18(23)13-9-12(22(24)25)5-6-15(13)26-2/h5-10H,4H2,1-3H3,(H,21,23). The van der Waals surface area contributed by atoms with E-state index in [1.54, 1.807) is 6.07 Å². The number of amides is 1. The minimum absolute atomic E-state index is 0.00713. The number of nitrogens with zero attached hydrogens (tertiary/aromatic N) is 2. The molecule has 9 nitrogen and oxygen atoms in total. The van der Waals surface area contributed by atoms with Crippen molar-refractivity contribution in [2.45, 2.75) is 6.92 Å². The van der Waals surface area contributed by atoms with Gasteiger partial charge in [0.1, 0.15) is 5.75 Å². The molecule has 0 unspecified atom stereocenters. The van der Waals surface area contributed by atoms with E-state index in [1.165, 1.54) is 32.6 Å². The number of nitro benzene ring substituents is 1. The topological polar surface area (TPSA) is 112 Å². The molecular weight excluding hydrogens is 481 g/mol. The summed E-state index contributed by atoms with van der Waals surface area (Å²) >= 11 is 2.12. The van der Waals surface area contributed by atoms with E-state index in [4.69, 9.17) is 14.2 Å². The molecule has 10 heteroatoms. The zero-order valence-corrected chi connectivity index (χ0v) is 17.6. The summed E-state index contributed by atoms with van der Waals surface area (Å²) in [7, 11) is 2.90. The Morgan fingerprint density at radius 1 is 1.25 bits per heavy atom. The van der Waals surface area contributed by atoms with Gasteiger partial charge in [-0.3, -0.25) is 14.9 Å². The maximum atomic E-state index is 12.3. The molecule has 0 aliphatic rings. The number of nitrogens with one attached hydrogen (secondary N) is 1. The maximum Gasteiger partial charge on any atom is 0.275 e. The molecule has 0 radical (unpaired) electrons. The van der Waals surface area contributed by atoms with E-state index in [1.807, 2.05) is 13.0 Å². The predicted octanol–water partition coefficient (Wildman–Crippen LogP) is 3.38. The first-order valence-corrected chi connectivity index (χ1v) is 9.15. The fourth-order valence-corrected chi connectivity index (χ4v) is 3.09. The number of methoxy groups -OCH3 is 2. The van der Waals surface area contributed by atoms with Crippen molar-refractivity contribution in [1.29, 1.82) is 0 Å². The van der Waals surface area contributed by atoms with Crippen molar-refractivity contribution in [3.63, 3.8) is 0 Å². The van der Waals surface area contributed by atoms with Gasteiger partial charge in [-0.05, 0) is 53.3 Å². The molecule has 0 saturated heterocycles. The van der Waals surface area contributed by atoms with Crippen molar-refractivity contribution >= 4 is 40.4 Å². The molecule has 0 bridgehead atoms. The highest BCUT2D eigenvalue weighted by Gasteiger charge is 2.17. The third-order valence-corrected chi connectivity index (χ3v) is 4.36. The second-order valence-electron chi connectivity index (χ2n) is 5.31. The molecule has 0 aliphatic heterocycles. The van der Waals surface area contributed by atoms with Crippen LogP contribution in [0, 0.1) is 13.7 Å². The summed E-state index contributed by atoms with van der Waals surface area (Å²) < 4.78 is 16.8. The summed E-state index contributed by atoms with van der Waals surface area (Å²) in [6.45, 7) is 2.38. The van der Waals surface area contributed by atoms with Crippen LogP contribution in [-0.4, -0.2) is 37.9 Å². The Hall–Kier alpha value is -2.89. The average Bonchev–Trinajstić information content (AvgIpc) is 2.69. The summed E-state index contributed by atoms with van der Waals surface area (Å²) in [4.78, 5) is 22.7. The van der Waals surface area contributed by atoms with Crippen LogP contribution in [0.5, 0.6) is 17.2 Å². The van der Waals surface area contributed by atoms with E-state index < -0.39 is 10.8 Å². The number of carbonyl (C=O) groups is 1.